The van der Waals surface area contributed by atoms with Crippen molar-refractivity contribution >= 4 is 17.5 Å². The molecule has 238 valence electrons. The molecule has 1 saturated heterocycles. The van der Waals surface area contributed by atoms with Crippen LogP contribution in [-0.2, 0) is 25.5 Å². The fraction of sp³-hybridized carbons (Fsp3) is 0.472. The van der Waals surface area contributed by atoms with Crippen molar-refractivity contribution in [2.24, 2.45) is 23.2 Å². The summed E-state index contributed by atoms with van der Waals surface area (Å²) in [6.07, 6.45) is 5.05. The van der Waals surface area contributed by atoms with Gasteiger partial charge in [-0.15, -0.1) is 0 Å². The zero-order chi connectivity index (χ0) is 32.1. The number of Topliss-reactive ketones (excluding diaryl/α,β-unsaturated/α-hetero) is 1. The molecule has 4 aliphatic rings. The molecule has 3 N–H and O–H groups in total. The van der Waals surface area contributed by atoms with Gasteiger partial charge in [0, 0.05) is 16.9 Å². The number of benzene rings is 2. The van der Waals surface area contributed by atoms with Gasteiger partial charge in [0.15, 0.2) is 23.5 Å². The lowest BCUT2D eigenvalue weighted by Gasteiger charge is -2.51. The Bertz CT molecular complexity index is 1560. The van der Waals surface area contributed by atoms with Crippen LogP contribution in [0, 0.1) is 29.0 Å². The Morgan fingerprint density at radius 3 is 2.51 bits per heavy atom. The lowest BCUT2D eigenvalue weighted by atomic mass is 9.54. The van der Waals surface area contributed by atoms with Gasteiger partial charge < -0.3 is 24.8 Å². The largest absolute Gasteiger partial charge is 0.478 e. The van der Waals surface area contributed by atoms with Gasteiger partial charge in [-0.2, -0.15) is 0 Å². The molecule has 3 aliphatic carbocycles. The van der Waals surface area contributed by atoms with Gasteiger partial charge in [0.2, 0.25) is 0 Å². The number of allylic oxidation sites excluding steroid dienone is 4. The summed E-state index contributed by atoms with van der Waals surface area (Å²) in [5, 5.41) is 30.9. The first-order chi connectivity index (χ1) is 21.4. The maximum atomic E-state index is 15.6. The molecule has 0 aromatic heterocycles. The van der Waals surface area contributed by atoms with E-state index in [1.54, 1.807) is 36.4 Å². The number of ketones is 2. The third-order valence-corrected chi connectivity index (χ3v) is 10.7. The SMILES string of the molecule is C[C@H]1CC2OC(c3ccc(Cc4ccc(C(=O)O)cc4)cc3F)O[C@@]2(C(=O)CO)CC[C@H](O)[C@H]2[C@H]1CCC1=CC(=O)C=C[C@@]12C. The van der Waals surface area contributed by atoms with Crippen LogP contribution in [0.5, 0.6) is 0 Å². The van der Waals surface area contributed by atoms with E-state index in [0.29, 0.717) is 18.4 Å². The van der Waals surface area contributed by atoms with E-state index in [0.717, 1.165) is 24.0 Å². The fourth-order valence-electron chi connectivity index (χ4n) is 8.28. The molecule has 2 saturated carbocycles. The summed E-state index contributed by atoms with van der Waals surface area (Å²) < 4.78 is 28.3. The number of aliphatic hydroxyl groups excluding tert-OH is 2. The highest BCUT2D eigenvalue weighted by atomic mass is 19.1. The van der Waals surface area contributed by atoms with Crippen LogP contribution in [-0.4, -0.2) is 57.3 Å². The summed E-state index contributed by atoms with van der Waals surface area (Å²) in [7, 11) is 0. The molecule has 0 spiro atoms. The number of carboxylic acid groups (broad SMARTS) is 1. The number of rotatable bonds is 6. The second-order valence-corrected chi connectivity index (χ2v) is 13.3. The topological polar surface area (TPSA) is 130 Å². The molecule has 45 heavy (non-hydrogen) atoms. The average Bonchev–Trinajstić information content (AvgIpc) is 3.38. The van der Waals surface area contributed by atoms with Gasteiger partial charge in [-0.25, -0.2) is 9.18 Å². The highest BCUT2D eigenvalue weighted by molar-refractivity contribution is 6.01. The van der Waals surface area contributed by atoms with Crippen molar-refractivity contribution in [3.63, 3.8) is 0 Å². The Morgan fingerprint density at radius 2 is 1.82 bits per heavy atom. The number of carbonyl (C=O) groups excluding carboxylic acids is 2. The third kappa shape index (κ3) is 5.60. The maximum absolute atomic E-state index is 15.6. The van der Waals surface area contributed by atoms with Crippen LogP contribution in [0.15, 0.2) is 66.3 Å². The lowest BCUT2D eigenvalue weighted by Crippen LogP contribution is -2.50. The van der Waals surface area contributed by atoms with Crippen molar-refractivity contribution in [2.75, 3.05) is 6.61 Å². The first kappa shape index (κ1) is 31.5. The third-order valence-electron chi connectivity index (χ3n) is 10.7. The minimum atomic E-state index is -1.56. The van der Waals surface area contributed by atoms with E-state index < -0.39 is 53.7 Å². The highest BCUT2D eigenvalue weighted by Crippen LogP contribution is 2.57. The zero-order valence-electron chi connectivity index (χ0n) is 25.4. The second-order valence-electron chi connectivity index (χ2n) is 13.3. The van der Waals surface area contributed by atoms with Crippen LogP contribution in [0.2, 0.25) is 0 Å². The molecular formula is C36H39FO8. The molecule has 9 heteroatoms. The van der Waals surface area contributed by atoms with E-state index in [1.807, 2.05) is 6.08 Å². The smallest absolute Gasteiger partial charge is 0.335 e. The predicted octanol–water partition coefficient (Wildman–Crippen LogP) is 5.11. The Balaban J connectivity index is 1.26. The van der Waals surface area contributed by atoms with Crippen molar-refractivity contribution in [3.8, 4) is 0 Å². The van der Waals surface area contributed by atoms with Gasteiger partial charge >= 0.3 is 5.97 Å². The van der Waals surface area contributed by atoms with Crippen LogP contribution < -0.4 is 0 Å². The van der Waals surface area contributed by atoms with Crippen molar-refractivity contribution in [2.45, 2.75) is 76.5 Å². The van der Waals surface area contributed by atoms with Gasteiger partial charge in [-0.3, -0.25) is 9.59 Å². The molecule has 8 atom stereocenters. The van der Waals surface area contributed by atoms with Gasteiger partial charge in [0.1, 0.15) is 12.4 Å². The van der Waals surface area contributed by atoms with Gasteiger partial charge in [0.25, 0.3) is 0 Å². The van der Waals surface area contributed by atoms with E-state index in [2.05, 4.69) is 13.8 Å². The van der Waals surface area contributed by atoms with Crippen LogP contribution in [0.4, 0.5) is 4.39 Å². The molecular weight excluding hydrogens is 579 g/mol. The lowest BCUT2D eigenvalue weighted by molar-refractivity contribution is -0.152. The molecule has 0 amide bonds. The Hall–Kier alpha value is -3.50. The molecule has 2 aromatic rings. The summed E-state index contributed by atoms with van der Waals surface area (Å²) >= 11 is 0. The first-order valence-electron chi connectivity index (χ1n) is 15.7. The molecule has 6 rings (SSSR count). The van der Waals surface area contributed by atoms with E-state index in [9.17, 15) is 24.6 Å². The van der Waals surface area contributed by atoms with Crippen LogP contribution in [0.3, 0.4) is 0 Å². The summed E-state index contributed by atoms with van der Waals surface area (Å²) in [6, 6.07) is 11.1. The first-order valence-corrected chi connectivity index (χ1v) is 15.7. The van der Waals surface area contributed by atoms with Crippen molar-refractivity contribution < 1.29 is 43.6 Å². The predicted molar refractivity (Wildman–Crippen MR) is 162 cm³/mol. The second kappa shape index (κ2) is 12.0. The zero-order valence-corrected chi connectivity index (χ0v) is 25.4. The number of aromatic carboxylic acids is 1. The molecule has 1 heterocycles. The number of hydrogen-bond donors (Lipinski definition) is 3. The van der Waals surface area contributed by atoms with Crippen molar-refractivity contribution in [1.29, 1.82) is 0 Å². The monoisotopic (exact) mass is 618 g/mol. The van der Waals surface area contributed by atoms with Crippen LogP contribution >= 0.6 is 0 Å². The van der Waals surface area contributed by atoms with Gasteiger partial charge in [-0.1, -0.05) is 49.8 Å². The quantitative estimate of drug-likeness (QED) is 0.408. The van der Waals surface area contributed by atoms with E-state index in [4.69, 9.17) is 14.6 Å². The Morgan fingerprint density at radius 1 is 1.09 bits per heavy atom. The summed E-state index contributed by atoms with van der Waals surface area (Å²) in [4.78, 5) is 36.8. The molecule has 8 nitrogen and oxygen atoms in total. The summed E-state index contributed by atoms with van der Waals surface area (Å²) in [5.41, 5.74) is 0.765. The molecule has 2 unspecified atom stereocenters. The highest BCUT2D eigenvalue weighted by Gasteiger charge is 2.58. The molecule has 2 aromatic carbocycles. The van der Waals surface area contributed by atoms with Gasteiger partial charge in [0.05, 0.1) is 17.8 Å². The average molecular weight is 619 g/mol. The van der Waals surface area contributed by atoms with Crippen molar-refractivity contribution in [1.82, 2.24) is 0 Å². The Kier molecular flexibility index (Phi) is 8.41. The van der Waals surface area contributed by atoms with Gasteiger partial charge in [-0.05, 0) is 91.8 Å². The summed E-state index contributed by atoms with van der Waals surface area (Å²) in [5.74, 6) is -2.31. The number of carboxylic acids is 1. The fourth-order valence-corrected chi connectivity index (χ4v) is 8.28. The van der Waals surface area contributed by atoms with E-state index in [1.165, 1.54) is 18.2 Å². The maximum Gasteiger partial charge on any atom is 0.335 e. The number of aliphatic hydroxyl groups is 2. The number of ether oxygens (including phenoxy) is 2. The summed E-state index contributed by atoms with van der Waals surface area (Å²) in [6.45, 7) is 3.37. The minimum Gasteiger partial charge on any atom is -0.478 e. The number of carbonyl (C=O) groups is 3. The van der Waals surface area contributed by atoms with Crippen molar-refractivity contribution in [3.05, 3.63) is 94.3 Å². The van der Waals surface area contributed by atoms with E-state index in [-0.39, 0.29) is 47.5 Å². The molecule has 0 bridgehead atoms. The molecule has 0 radical (unpaired) electrons. The number of fused-ring (bicyclic) bond motifs is 4. The number of halogens is 1. The molecule has 3 fully saturated rings. The standard InChI is InChI=1S/C36H39FO8/c1-20-15-31-36(30(41)19-38,14-12-29(40)32-26(20)10-8-24-18-25(39)11-13-35(24,32)2)45-34(44-31)27-9-5-22(17-28(27)37)16-21-3-6-23(7-4-21)33(42)43/h3-7,9,11,13,17-18,20,26,29,31-32,34,38,40H,8,10,12,14-16,19H2,1-2H3,(H,42,43)/t20-,26-,29-,31?,32+,34?,35-,36+/m0/s1. The molecule has 1 aliphatic heterocycles. The minimum absolute atomic E-state index is 0.00916. The van der Waals surface area contributed by atoms with Crippen LogP contribution in [0.1, 0.15) is 79.3 Å². The number of hydrogen-bond acceptors (Lipinski definition) is 7. The van der Waals surface area contributed by atoms with Crippen LogP contribution in [0.25, 0.3) is 0 Å². The normalized spacial score (nSPS) is 34.4. The Labute approximate surface area is 261 Å². The van der Waals surface area contributed by atoms with E-state index >= 15 is 4.39 Å².